The van der Waals surface area contributed by atoms with Crippen molar-refractivity contribution in [2.24, 2.45) is 0 Å². The van der Waals surface area contributed by atoms with Crippen LogP contribution >= 0.6 is 11.8 Å². The molecule has 0 spiro atoms. The second-order valence-electron chi connectivity index (χ2n) is 6.06. The van der Waals surface area contributed by atoms with Gasteiger partial charge in [0.1, 0.15) is 17.5 Å². The maximum absolute atomic E-state index is 12.9. The third-order valence-electron chi connectivity index (χ3n) is 2.72. The molecule has 0 aliphatic rings. The van der Waals surface area contributed by atoms with Crippen LogP contribution in [0.15, 0.2) is 24.3 Å². The first kappa shape index (κ1) is 21.0. The molecule has 1 aromatic carbocycles. The predicted octanol–water partition coefficient (Wildman–Crippen LogP) is 3.16. The number of carbonyl (C=O) groups is 3. The Morgan fingerprint density at radius 3 is 2.32 bits per heavy atom. The third-order valence-corrected chi connectivity index (χ3v) is 3.72. The van der Waals surface area contributed by atoms with Gasteiger partial charge in [-0.25, -0.2) is 14.0 Å². The lowest BCUT2D eigenvalue weighted by atomic mass is 10.2. The zero-order valence-electron chi connectivity index (χ0n) is 14.6. The first-order valence-corrected chi connectivity index (χ1v) is 8.69. The zero-order chi connectivity index (χ0) is 19.0. The number of halogens is 1. The Kier molecular flexibility index (Phi) is 7.89. The van der Waals surface area contributed by atoms with E-state index in [2.05, 4.69) is 5.32 Å². The number of amides is 1. The highest BCUT2D eigenvalue weighted by Gasteiger charge is 2.26. The van der Waals surface area contributed by atoms with Crippen LogP contribution in [0.3, 0.4) is 0 Å². The van der Waals surface area contributed by atoms with Crippen LogP contribution in [0.25, 0.3) is 0 Å². The van der Waals surface area contributed by atoms with Gasteiger partial charge in [-0.15, -0.1) is 0 Å². The summed E-state index contributed by atoms with van der Waals surface area (Å²) in [5.74, 6) is -1.14. The number of rotatable bonds is 6. The summed E-state index contributed by atoms with van der Waals surface area (Å²) < 4.78 is 22.9. The van der Waals surface area contributed by atoms with E-state index in [1.807, 2.05) is 0 Å². The Morgan fingerprint density at radius 1 is 1.20 bits per heavy atom. The van der Waals surface area contributed by atoms with Crippen LogP contribution < -0.4 is 5.32 Å². The van der Waals surface area contributed by atoms with Gasteiger partial charge >= 0.3 is 12.1 Å². The highest BCUT2D eigenvalue weighted by molar-refractivity contribution is 8.14. The molecule has 1 aromatic rings. The lowest BCUT2D eigenvalue weighted by Gasteiger charge is -2.22. The monoisotopic (exact) mass is 371 g/mol. The molecule has 1 unspecified atom stereocenters. The second kappa shape index (κ2) is 9.41. The minimum Gasteiger partial charge on any atom is -0.464 e. The molecule has 1 amide bonds. The number of thioether (sulfide) groups is 1. The molecule has 0 saturated heterocycles. The van der Waals surface area contributed by atoms with Crippen molar-refractivity contribution in [1.29, 1.82) is 0 Å². The van der Waals surface area contributed by atoms with Crippen LogP contribution in [0.1, 0.15) is 38.1 Å². The minimum absolute atomic E-state index is 0.0334. The molecule has 0 aromatic heterocycles. The average molecular weight is 371 g/mol. The molecule has 138 valence electrons. The van der Waals surface area contributed by atoms with Gasteiger partial charge in [0.25, 0.3) is 0 Å². The van der Waals surface area contributed by atoms with E-state index in [1.165, 1.54) is 24.3 Å². The molecule has 1 rings (SSSR count). The van der Waals surface area contributed by atoms with Crippen molar-refractivity contribution >= 4 is 28.9 Å². The fourth-order valence-corrected chi connectivity index (χ4v) is 2.53. The molecule has 0 bridgehead atoms. The van der Waals surface area contributed by atoms with Crippen molar-refractivity contribution in [1.82, 2.24) is 5.32 Å². The van der Waals surface area contributed by atoms with Crippen molar-refractivity contribution in [3.8, 4) is 0 Å². The van der Waals surface area contributed by atoms with E-state index in [9.17, 15) is 18.8 Å². The van der Waals surface area contributed by atoms with Gasteiger partial charge in [-0.05, 0) is 52.0 Å². The topological polar surface area (TPSA) is 81.7 Å². The maximum Gasteiger partial charge on any atom is 0.408 e. The Bertz CT molecular complexity index is 612. The lowest BCUT2D eigenvalue weighted by molar-refractivity contribution is -0.144. The SMILES string of the molecule is CCOC(=O)C(CSC(=O)c1ccc(F)cc1)NC(=O)OC(C)(C)C. The number of ether oxygens (including phenoxy) is 2. The number of hydrogen-bond donors (Lipinski definition) is 1. The largest absolute Gasteiger partial charge is 0.464 e. The van der Waals surface area contributed by atoms with Crippen molar-refractivity contribution in [2.75, 3.05) is 12.4 Å². The first-order chi connectivity index (χ1) is 11.6. The molecule has 6 nitrogen and oxygen atoms in total. The number of esters is 1. The van der Waals surface area contributed by atoms with Crippen LogP contribution in [0, 0.1) is 5.82 Å². The zero-order valence-corrected chi connectivity index (χ0v) is 15.4. The summed E-state index contributed by atoms with van der Waals surface area (Å²) >= 11 is 0.825. The van der Waals surface area contributed by atoms with E-state index in [0.29, 0.717) is 5.56 Å². The van der Waals surface area contributed by atoms with Gasteiger partial charge in [0.15, 0.2) is 0 Å². The minimum atomic E-state index is -1.04. The van der Waals surface area contributed by atoms with Crippen molar-refractivity contribution in [2.45, 2.75) is 39.3 Å². The van der Waals surface area contributed by atoms with Gasteiger partial charge in [0.05, 0.1) is 6.61 Å². The molecule has 0 saturated carbocycles. The molecule has 0 aliphatic carbocycles. The van der Waals surface area contributed by atoms with Gasteiger partial charge in [-0.3, -0.25) is 4.79 Å². The van der Waals surface area contributed by atoms with Gasteiger partial charge in [0, 0.05) is 11.3 Å². The van der Waals surface area contributed by atoms with Gasteiger partial charge < -0.3 is 14.8 Å². The fourth-order valence-electron chi connectivity index (χ4n) is 1.69. The fraction of sp³-hybridized carbons (Fsp3) is 0.471. The highest BCUT2D eigenvalue weighted by atomic mass is 32.2. The average Bonchev–Trinajstić information content (AvgIpc) is 2.50. The van der Waals surface area contributed by atoms with Crippen LogP contribution in [0.2, 0.25) is 0 Å². The van der Waals surface area contributed by atoms with Crippen molar-refractivity contribution < 1.29 is 28.2 Å². The highest BCUT2D eigenvalue weighted by Crippen LogP contribution is 2.15. The molecule has 1 atom stereocenters. The van der Waals surface area contributed by atoms with E-state index in [4.69, 9.17) is 9.47 Å². The van der Waals surface area contributed by atoms with Gasteiger partial charge in [0.2, 0.25) is 5.12 Å². The van der Waals surface area contributed by atoms with E-state index < -0.39 is 29.5 Å². The van der Waals surface area contributed by atoms with Gasteiger partial charge in [-0.1, -0.05) is 11.8 Å². The van der Waals surface area contributed by atoms with Gasteiger partial charge in [-0.2, -0.15) is 0 Å². The molecule has 0 heterocycles. The Labute approximate surface area is 150 Å². The van der Waals surface area contributed by atoms with Crippen molar-refractivity contribution in [3.05, 3.63) is 35.6 Å². The maximum atomic E-state index is 12.9. The van der Waals surface area contributed by atoms with Crippen LogP contribution in [0.5, 0.6) is 0 Å². The first-order valence-electron chi connectivity index (χ1n) is 7.71. The lowest BCUT2D eigenvalue weighted by Crippen LogP contribution is -2.46. The molecule has 0 radical (unpaired) electrons. The Balaban J connectivity index is 2.70. The molecule has 0 aliphatic heterocycles. The van der Waals surface area contributed by atoms with Crippen LogP contribution in [-0.2, 0) is 14.3 Å². The number of nitrogens with one attached hydrogen (secondary N) is 1. The summed E-state index contributed by atoms with van der Waals surface area (Å²) in [7, 11) is 0. The normalized spacial score (nSPS) is 12.2. The van der Waals surface area contributed by atoms with E-state index in [-0.39, 0.29) is 17.5 Å². The number of alkyl carbamates (subject to hydrolysis) is 1. The number of hydrogen-bond acceptors (Lipinski definition) is 6. The smallest absolute Gasteiger partial charge is 0.408 e. The molecular formula is C17H22FNO5S. The summed E-state index contributed by atoms with van der Waals surface area (Å²) in [5, 5.41) is 2.06. The molecular weight excluding hydrogens is 349 g/mol. The molecule has 0 fully saturated rings. The molecule has 8 heteroatoms. The molecule has 25 heavy (non-hydrogen) atoms. The van der Waals surface area contributed by atoms with E-state index >= 15 is 0 Å². The summed E-state index contributed by atoms with van der Waals surface area (Å²) in [6.07, 6.45) is -0.777. The summed E-state index contributed by atoms with van der Waals surface area (Å²) in [6, 6.07) is 4.02. The summed E-state index contributed by atoms with van der Waals surface area (Å²) in [6.45, 7) is 6.86. The quantitative estimate of drug-likeness (QED) is 0.774. The Hall–Kier alpha value is -2.09. The summed E-state index contributed by atoms with van der Waals surface area (Å²) in [5.41, 5.74) is -0.424. The second-order valence-corrected chi connectivity index (χ2v) is 7.05. The van der Waals surface area contributed by atoms with E-state index in [1.54, 1.807) is 27.7 Å². The van der Waals surface area contributed by atoms with Crippen LogP contribution in [-0.4, -0.2) is 41.2 Å². The Morgan fingerprint density at radius 2 is 1.80 bits per heavy atom. The van der Waals surface area contributed by atoms with E-state index in [0.717, 1.165) is 11.8 Å². The van der Waals surface area contributed by atoms with Crippen molar-refractivity contribution in [3.63, 3.8) is 0 Å². The predicted molar refractivity (Wildman–Crippen MR) is 93.0 cm³/mol. The molecule has 1 N–H and O–H groups in total. The van der Waals surface area contributed by atoms with Crippen LogP contribution in [0.4, 0.5) is 9.18 Å². The number of carbonyl (C=O) groups excluding carboxylic acids is 3. The number of benzene rings is 1. The standard InChI is InChI=1S/C17H22FNO5S/c1-5-23-14(20)13(19-16(22)24-17(2,3)4)10-25-15(21)11-6-8-12(18)9-7-11/h6-9,13H,5,10H2,1-4H3,(H,19,22). The third kappa shape index (κ3) is 8.02. The summed E-state index contributed by atoms with van der Waals surface area (Å²) in [4.78, 5) is 35.9.